The van der Waals surface area contributed by atoms with E-state index in [2.05, 4.69) is 28.5 Å². The lowest BCUT2D eigenvalue weighted by molar-refractivity contribution is 0.590. The Bertz CT molecular complexity index is 453. The van der Waals surface area contributed by atoms with Crippen molar-refractivity contribution in [2.24, 2.45) is 0 Å². The number of aromatic nitrogens is 1. The number of benzene rings is 1. The Hall–Kier alpha value is -1.38. The molecule has 0 bridgehead atoms. The first-order valence-corrected chi connectivity index (χ1v) is 5.99. The fourth-order valence-corrected chi connectivity index (χ4v) is 1.95. The van der Waals surface area contributed by atoms with Crippen LogP contribution in [-0.2, 0) is 6.42 Å². The molecule has 2 nitrogen and oxygen atoms in total. The van der Waals surface area contributed by atoms with Gasteiger partial charge in [0.1, 0.15) is 0 Å². The molecule has 88 valence electrons. The van der Waals surface area contributed by atoms with Crippen molar-refractivity contribution in [3.8, 4) is 0 Å². The van der Waals surface area contributed by atoms with Crippen LogP contribution in [0.3, 0.4) is 0 Å². The molecule has 0 saturated heterocycles. The maximum atomic E-state index is 5.87. The molecule has 3 heteroatoms. The molecular weight excluding hydrogens is 232 g/mol. The van der Waals surface area contributed by atoms with Gasteiger partial charge < -0.3 is 5.32 Å². The Morgan fingerprint density at radius 2 is 2.00 bits per heavy atom. The largest absolute Gasteiger partial charge is 0.313 e. The summed E-state index contributed by atoms with van der Waals surface area (Å²) in [4.78, 5) is 4.15. The number of rotatable bonds is 4. The molecule has 2 rings (SSSR count). The van der Waals surface area contributed by atoms with Crippen molar-refractivity contribution >= 4 is 11.6 Å². The third-order valence-corrected chi connectivity index (χ3v) is 3.04. The van der Waals surface area contributed by atoms with Crippen LogP contribution in [0.4, 0.5) is 0 Å². The smallest absolute Gasteiger partial charge is 0.0406 e. The Morgan fingerprint density at radius 1 is 1.24 bits per heavy atom. The number of hydrogen-bond donors (Lipinski definition) is 1. The van der Waals surface area contributed by atoms with Gasteiger partial charge in [-0.05, 0) is 42.8 Å². The highest BCUT2D eigenvalue weighted by molar-refractivity contribution is 6.30. The molecule has 0 aliphatic carbocycles. The second-order valence-corrected chi connectivity index (χ2v) is 4.39. The molecule has 0 aliphatic heterocycles. The molecule has 0 saturated carbocycles. The van der Waals surface area contributed by atoms with Crippen LogP contribution in [-0.4, -0.2) is 12.0 Å². The minimum atomic E-state index is 0.282. The van der Waals surface area contributed by atoms with Gasteiger partial charge in [-0.1, -0.05) is 29.8 Å². The Labute approximate surface area is 107 Å². The average molecular weight is 247 g/mol. The summed E-state index contributed by atoms with van der Waals surface area (Å²) in [7, 11) is 1.97. The highest BCUT2D eigenvalue weighted by atomic mass is 35.5. The lowest BCUT2D eigenvalue weighted by Crippen LogP contribution is -2.18. The molecule has 0 fully saturated rings. The van der Waals surface area contributed by atoms with Crippen molar-refractivity contribution in [2.45, 2.75) is 12.5 Å². The number of likely N-dealkylation sites (N-methyl/N-ethyl adjacent to an activating group) is 1. The minimum absolute atomic E-state index is 0.282. The van der Waals surface area contributed by atoms with Crippen LogP contribution >= 0.6 is 11.6 Å². The Morgan fingerprint density at radius 3 is 2.59 bits per heavy atom. The fourth-order valence-electron chi connectivity index (χ4n) is 1.82. The zero-order chi connectivity index (χ0) is 12.1. The second-order valence-electron chi connectivity index (χ2n) is 3.96. The molecule has 1 N–H and O–H groups in total. The van der Waals surface area contributed by atoms with E-state index in [1.54, 1.807) is 6.20 Å². The van der Waals surface area contributed by atoms with E-state index in [0.29, 0.717) is 0 Å². The number of halogens is 1. The molecule has 1 unspecified atom stereocenters. The predicted molar refractivity (Wildman–Crippen MR) is 71.2 cm³/mol. The SMILES string of the molecule is CNC(Cc1ccc(Cl)cc1)c1cccnc1. The highest BCUT2D eigenvalue weighted by Crippen LogP contribution is 2.18. The van der Waals surface area contributed by atoms with Crippen LogP contribution in [0.15, 0.2) is 48.8 Å². The topological polar surface area (TPSA) is 24.9 Å². The van der Waals surface area contributed by atoms with E-state index in [1.165, 1.54) is 11.1 Å². The molecular formula is C14H15ClN2. The number of hydrogen-bond acceptors (Lipinski definition) is 2. The zero-order valence-corrected chi connectivity index (χ0v) is 10.5. The first kappa shape index (κ1) is 12.1. The van der Waals surface area contributed by atoms with E-state index in [9.17, 15) is 0 Å². The fraction of sp³-hybridized carbons (Fsp3) is 0.214. The lowest BCUT2D eigenvalue weighted by Gasteiger charge is -2.16. The zero-order valence-electron chi connectivity index (χ0n) is 9.73. The summed E-state index contributed by atoms with van der Waals surface area (Å²) in [5.41, 5.74) is 2.46. The number of pyridine rings is 1. The molecule has 0 amide bonds. The van der Waals surface area contributed by atoms with E-state index in [4.69, 9.17) is 11.6 Å². The van der Waals surface area contributed by atoms with Crippen LogP contribution in [0.5, 0.6) is 0 Å². The number of nitrogens with zero attached hydrogens (tertiary/aromatic N) is 1. The summed E-state index contributed by atoms with van der Waals surface area (Å²) in [6.45, 7) is 0. The molecule has 0 radical (unpaired) electrons. The van der Waals surface area contributed by atoms with Crippen molar-refractivity contribution in [2.75, 3.05) is 7.05 Å². The van der Waals surface area contributed by atoms with Gasteiger partial charge in [0.15, 0.2) is 0 Å². The summed E-state index contributed by atoms with van der Waals surface area (Å²) < 4.78 is 0. The third-order valence-electron chi connectivity index (χ3n) is 2.79. The minimum Gasteiger partial charge on any atom is -0.313 e. The summed E-state index contributed by atoms with van der Waals surface area (Å²) >= 11 is 5.87. The molecule has 1 aromatic heterocycles. The maximum Gasteiger partial charge on any atom is 0.0406 e. The van der Waals surface area contributed by atoms with E-state index in [-0.39, 0.29) is 6.04 Å². The van der Waals surface area contributed by atoms with Gasteiger partial charge in [-0.25, -0.2) is 0 Å². The van der Waals surface area contributed by atoms with Gasteiger partial charge in [0, 0.05) is 23.5 Å². The predicted octanol–water partition coefficient (Wildman–Crippen LogP) is 3.24. The van der Waals surface area contributed by atoms with E-state index in [1.807, 2.05) is 31.4 Å². The third kappa shape index (κ3) is 3.29. The lowest BCUT2D eigenvalue weighted by atomic mass is 10.0. The number of nitrogens with one attached hydrogen (secondary N) is 1. The van der Waals surface area contributed by atoms with Crippen LogP contribution in [0.2, 0.25) is 5.02 Å². The van der Waals surface area contributed by atoms with E-state index in [0.717, 1.165) is 11.4 Å². The van der Waals surface area contributed by atoms with Crippen molar-refractivity contribution < 1.29 is 0 Å². The second kappa shape index (κ2) is 5.80. The first-order chi connectivity index (χ1) is 8.29. The maximum absolute atomic E-state index is 5.87. The monoisotopic (exact) mass is 246 g/mol. The van der Waals surface area contributed by atoms with Gasteiger partial charge in [0.25, 0.3) is 0 Å². The summed E-state index contributed by atoms with van der Waals surface area (Å²) in [6.07, 6.45) is 4.62. The normalized spacial score (nSPS) is 12.4. The van der Waals surface area contributed by atoms with Crippen LogP contribution in [0.1, 0.15) is 17.2 Å². The van der Waals surface area contributed by atoms with Crippen molar-refractivity contribution in [1.82, 2.24) is 10.3 Å². The van der Waals surface area contributed by atoms with Crippen molar-refractivity contribution in [3.05, 3.63) is 64.9 Å². The van der Waals surface area contributed by atoms with E-state index >= 15 is 0 Å². The molecule has 1 aromatic carbocycles. The molecule has 2 aromatic rings. The average Bonchev–Trinajstić information content (AvgIpc) is 2.39. The quantitative estimate of drug-likeness (QED) is 0.896. The van der Waals surface area contributed by atoms with Crippen molar-refractivity contribution in [1.29, 1.82) is 0 Å². The summed E-state index contributed by atoms with van der Waals surface area (Å²) in [5.74, 6) is 0. The molecule has 0 aliphatic rings. The van der Waals surface area contributed by atoms with Gasteiger partial charge in [0.2, 0.25) is 0 Å². The highest BCUT2D eigenvalue weighted by Gasteiger charge is 2.09. The summed E-state index contributed by atoms with van der Waals surface area (Å²) in [6, 6.07) is 12.3. The Balaban J connectivity index is 2.13. The van der Waals surface area contributed by atoms with Gasteiger partial charge in [-0.2, -0.15) is 0 Å². The van der Waals surface area contributed by atoms with Crippen molar-refractivity contribution in [3.63, 3.8) is 0 Å². The van der Waals surface area contributed by atoms with Crippen LogP contribution in [0.25, 0.3) is 0 Å². The first-order valence-electron chi connectivity index (χ1n) is 5.61. The van der Waals surface area contributed by atoms with Gasteiger partial charge in [0.05, 0.1) is 0 Å². The van der Waals surface area contributed by atoms with Gasteiger partial charge >= 0.3 is 0 Å². The van der Waals surface area contributed by atoms with E-state index < -0.39 is 0 Å². The molecule has 17 heavy (non-hydrogen) atoms. The standard InChI is InChI=1S/C14H15ClN2/c1-16-14(12-3-2-8-17-10-12)9-11-4-6-13(15)7-5-11/h2-8,10,14,16H,9H2,1H3. The van der Waals surface area contributed by atoms with Gasteiger partial charge in [-0.3, -0.25) is 4.98 Å². The Kier molecular flexibility index (Phi) is 4.13. The van der Waals surface area contributed by atoms with Crippen LogP contribution in [0, 0.1) is 0 Å². The summed E-state index contributed by atoms with van der Waals surface area (Å²) in [5, 5.41) is 4.08. The molecule has 1 atom stereocenters. The molecule has 0 spiro atoms. The van der Waals surface area contributed by atoms with Gasteiger partial charge in [-0.15, -0.1) is 0 Å². The molecule has 1 heterocycles. The van der Waals surface area contributed by atoms with Crippen LogP contribution < -0.4 is 5.32 Å².